The molecule has 0 rings (SSSR count). The quantitative estimate of drug-likeness (QED) is 0.536. The van der Waals surface area contributed by atoms with E-state index in [2.05, 4.69) is 5.32 Å². The molecule has 0 bridgehead atoms. The Morgan fingerprint density at radius 2 is 2.33 bits per heavy atom. The number of nitrogens with one attached hydrogen (secondary N) is 1. The first-order chi connectivity index (χ1) is 4.16. The van der Waals surface area contributed by atoms with Gasteiger partial charge in [-0.15, -0.1) is 0 Å². The number of rotatable bonds is 3. The van der Waals surface area contributed by atoms with E-state index in [1.165, 1.54) is 0 Å². The van der Waals surface area contributed by atoms with Gasteiger partial charge >= 0.3 is 5.97 Å². The minimum Gasteiger partial charge on any atom is -0.478 e. The number of carboxylic acids is 1. The SMILES string of the molecule is CNC(C)/C=C/C(=O)O. The zero-order valence-corrected chi connectivity index (χ0v) is 5.59. The van der Waals surface area contributed by atoms with Crippen LogP contribution in [-0.2, 0) is 4.79 Å². The molecule has 0 heterocycles. The van der Waals surface area contributed by atoms with Crippen LogP contribution in [-0.4, -0.2) is 24.2 Å². The maximum Gasteiger partial charge on any atom is 0.328 e. The summed E-state index contributed by atoms with van der Waals surface area (Å²) in [4.78, 5) is 9.91. The van der Waals surface area contributed by atoms with Gasteiger partial charge in [-0.3, -0.25) is 0 Å². The van der Waals surface area contributed by atoms with Crippen LogP contribution in [0.15, 0.2) is 12.2 Å². The molecule has 0 aliphatic heterocycles. The van der Waals surface area contributed by atoms with Gasteiger partial charge in [-0.25, -0.2) is 4.79 Å². The Morgan fingerprint density at radius 1 is 1.78 bits per heavy atom. The van der Waals surface area contributed by atoms with Gasteiger partial charge in [0.05, 0.1) is 0 Å². The largest absolute Gasteiger partial charge is 0.478 e. The smallest absolute Gasteiger partial charge is 0.328 e. The fourth-order valence-electron chi connectivity index (χ4n) is 0.323. The molecule has 1 unspecified atom stereocenters. The first-order valence-electron chi connectivity index (χ1n) is 2.75. The summed E-state index contributed by atoms with van der Waals surface area (Å²) in [6, 6.07) is 0.126. The number of hydrogen-bond donors (Lipinski definition) is 2. The standard InChI is InChI=1S/C6H11NO2/c1-5(7-2)3-4-6(8)9/h3-5,7H,1-2H3,(H,8,9)/b4-3+. The van der Waals surface area contributed by atoms with E-state index in [0.29, 0.717) is 0 Å². The van der Waals surface area contributed by atoms with E-state index in [0.717, 1.165) is 6.08 Å². The zero-order valence-electron chi connectivity index (χ0n) is 5.59. The second-order valence-corrected chi connectivity index (χ2v) is 1.77. The molecular formula is C6H11NO2. The first kappa shape index (κ1) is 8.17. The fraction of sp³-hybridized carbons (Fsp3) is 0.500. The molecule has 0 aromatic carbocycles. The Balaban J connectivity index is 3.56. The molecule has 0 aliphatic carbocycles. The van der Waals surface area contributed by atoms with Crippen LogP contribution in [0, 0.1) is 0 Å². The van der Waals surface area contributed by atoms with Crippen LogP contribution in [0.3, 0.4) is 0 Å². The lowest BCUT2D eigenvalue weighted by molar-refractivity contribution is -0.131. The lowest BCUT2D eigenvalue weighted by atomic mass is 10.3. The van der Waals surface area contributed by atoms with Gasteiger partial charge in [-0.1, -0.05) is 6.08 Å². The molecule has 9 heavy (non-hydrogen) atoms. The number of likely N-dealkylation sites (N-methyl/N-ethyl adjacent to an activating group) is 1. The van der Waals surface area contributed by atoms with E-state index in [4.69, 9.17) is 5.11 Å². The lowest BCUT2D eigenvalue weighted by Crippen LogP contribution is -2.18. The van der Waals surface area contributed by atoms with Gasteiger partial charge in [0.1, 0.15) is 0 Å². The number of carboxylic acid groups (broad SMARTS) is 1. The molecule has 0 spiro atoms. The molecule has 0 fully saturated rings. The minimum absolute atomic E-state index is 0.126. The summed E-state index contributed by atoms with van der Waals surface area (Å²) in [6.07, 6.45) is 2.71. The highest BCUT2D eigenvalue weighted by molar-refractivity contribution is 5.79. The van der Waals surface area contributed by atoms with Crippen LogP contribution in [0.1, 0.15) is 6.92 Å². The molecular weight excluding hydrogens is 118 g/mol. The molecule has 0 aromatic rings. The third kappa shape index (κ3) is 5.03. The summed E-state index contributed by atoms with van der Waals surface area (Å²) in [5, 5.41) is 11.0. The minimum atomic E-state index is -0.905. The normalized spacial score (nSPS) is 14.0. The second-order valence-electron chi connectivity index (χ2n) is 1.77. The van der Waals surface area contributed by atoms with E-state index < -0.39 is 5.97 Å². The molecule has 0 radical (unpaired) electrons. The van der Waals surface area contributed by atoms with Gasteiger partial charge in [0, 0.05) is 12.1 Å². The van der Waals surface area contributed by atoms with Crippen molar-refractivity contribution in [1.29, 1.82) is 0 Å². The molecule has 3 nitrogen and oxygen atoms in total. The van der Waals surface area contributed by atoms with Gasteiger partial charge < -0.3 is 10.4 Å². The Labute approximate surface area is 54.4 Å². The van der Waals surface area contributed by atoms with Crippen LogP contribution in [0.2, 0.25) is 0 Å². The van der Waals surface area contributed by atoms with Crippen molar-refractivity contribution in [1.82, 2.24) is 5.32 Å². The maximum atomic E-state index is 9.91. The van der Waals surface area contributed by atoms with Gasteiger partial charge in [0.2, 0.25) is 0 Å². The topological polar surface area (TPSA) is 49.3 Å². The van der Waals surface area contributed by atoms with Crippen molar-refractivity contribution < 1.29 is 9.90 Å². The molecule has 0 aliphatic rings. The third-order valence-corrected chi connectivity index (χ3v) is 0.983. The Bertz CT molecular complexity index is 120. The number of carbonyl (C=O) groups is 1. The van der Waals surface area contributed by atoms with E-state index >= 15 is 0 Å². The summed E-state index contributed by atoms with van der Waals surface area (Å²) in [5.41, 5.74) is 0. The predicted molar refractivity (Wildman–Crippen MR) is 35.3 cm³/mol. The summed E-state index contributed by atoms with van der Waals surface area (Å²) in [7, 11) is 1.77. The van der Waals surface area contributed by atoms with Crippen LogP contribution >= 0.6 is 0 Å². The molecule has 52 valence electrons. The molecule has 1 atom stereocenters. The maximum absolute atomic E-state index is 9.91. The third-order valence-electron chi connectivity index (χ3n) is 0.983. The van der Waals surface area contributed by atoms with Crippen molar-refractivity contribution in [3.63, 3.8) is 0 Å². The highest BCUT2D eigenvalue weighted by Gasteiger charge is 1.90. The van der Waals surface area contributed by atoms with Crippen molar-refractivity contribution in [2.24, 2.45) is 0 Å². The van der Waals surface area contributed by atoms with Crippen molar-refractivity contribution in [3.8, 4) is 0 Å². The van der Waals surface area contributed by atoms with Gasteiger partial charge in [0.15, 0.2) is 0 Å². The zero-order chi connectivity index (χ0) is 7.28. The summed E-state index contributed by atoms with van der Waals surface area (Å²) in [6.45, 7) is 1.87. The highest BCUT2D eigenvalue weighted by atomic mass is 16.4. The average Bonchev–Trinajstić information content (AvgIpc) is 1.83. The van der Waals surface area contributed by atoms with Gasteiger partial charge in [0.25, 0.3) is 0 Å². The van der Waals surface area contributed by atoms with Gasteiger partial charge in [-0.2, -0.15) is 0 Å². The average molecular weight is 129 g/mol. The second kappa shape index (κ2) is 4.09. The Morgan fingerprint density at radius 3 is 2.67 bits per heavy atom. The molecule has 0 aromatic heterocycles. The van der Waals surface area contributed by atoms with E-state index in [1.54, 1.807) is 13.1 Å². The van der Waals surface area contributed by atoms with Crippen molar-refractivity contribution in [3.05, 3.63) is 12.2 Å². The van der Waals surface area contributed by atoms with Crippen molar-refractivity contribution in [2.45, 2.75) is 13.0 Å². The predicted octanol–water partition coefficient (Wildman–Crippen LogP) is 0.235. The van der Waals surface area contributed by atoms with E-state index in [9.17, 15) is 4.79 Å². The fourth-order valence-corrected chi connectivity index (χ4v) is 0.323. The van der Waals surface area contributed by atoms with E-state index in [-0.39, 0.29) is 6.04 Å². The molecule has 2 N–H and O–H groups in total. The monoisotopic (exact) mass is 129 g/mol. The molecule has 0 amide bonds. The molecule has 0 saturated heterocycles. The van der Waals surface area contributed by atoms with Gasteiger partial charge in [-0.05, 0) is 14.0 Å². The van der Waals surface area contributed by atoms with Crippen LogP contribution in [0.4, 0.5) is 0 Å². The Hall–Kier alpha value is -0.830. The van der Waals surface area contributed by atoms with Crippen LogP contribution < -0.4 is 5.32 Å². The van der Waals surface area contributed by atoms with E-state index in [1.807, 2.05) is 6.92 Å². The summed E-state index contributed by atoms with van der Waals surface area (Å²) in [5.74, 6) is -0.905. The van der Waals surface area contributed by atoms with Crippen LogP contribution in [0.5, 0.6) is 0 Å². The highest BCUT2D eigenvalue weighted by Crippen LogP contribution is 1.81. The van der Waals surface area contributed by atoms with Crippen molar-refractivity contribution in [2.75, 3.05) is 7.05 Å². The first-order valence-corrected chi connectivity index (χ1v) is 2.75. The molecule has 3 heteroatoms. The summed E-state index contributed by atoms with van der Waals surface area (Å²) >= 11 is 0. The summed E-state index contributed by atoms with van der Waals surface area (Å²) < 4.78 is 0. The lowest BCUT2D eigenvalue weighted by Gasteiger charge is -1.99. The number of aliphatic carboxylic acids is 1. The number of hydrogen-bond acceptors (Lipinski definition) is 2. The molecule has 0 saturated carbocycles. The van der Waals surface area contributed by atoms with Crippen LogP contribution in [0.25, 0.3) is 0 Å². The Kier molecular flexibility index (Phi) is 3.71. The van der Waals surface area contributed by atoms with Crippen molar-refractivity contribution >= 4 is 5.97 Å².